The lowest BCUT2D eigenvalue weighted by molar-refractivity contribution is 0.0237. The topological polar surface area (TPSA) is 55.5 Å². The molecule has 3 N–H and O–H groups in total. The van der Waals surface area contributed by atoms with Crippen LogP contribution >= 0.6 is 0 Å². The highest BCUT2D eigenvalue weighted by atomic mass is 16.5. The number of benzene rings is 1. The molecule has 15 heavy (non-hydrogen) atoms. The van der Waals surface area contributed by atoms with Crippen LogP contribution in [0.4, 0.5) is 5.69 Å². The summed E-state index contributed by atoms with van der Waals surface area (Å²) >= 11 is 0. The molecule has 0 radical (unpaired) electrons. The number of aliphatic hydroxyl groups is 1. The Balaban J connectivity index is 2.23. The molecule has 0 spiro atoms. The van der Waals surface area contributed by atoms with Gasteiger partial charge >= 0.3 is 0 Å². The molecule has 1 aromatic carbocycles. The second-order valence-electron chi connectivity index (χ2n) is 4.36. The maximum atomic E-state index is 9.45. The van der Waals surface area contributed by atoms with Gasteiger partial charge in [0.15, 0.2) is 0 Å². The van der Waals surface area contributed by atoms with Crippen LogP contribution in [-0.4, -0.2) is 17.3 Å². The number of nitrogen functional groups attached to an aromatic ring is 1. The molecule has 84 valence electrons. The van der Waals surface area contributed by atoms with Crippen LogP contribution in [0, 0.1) is 0 Å². The summed E-state index contributed by atoms with van der Waals surface area (Å²) in [6, 6.07) is 7.60. The molecular formula is C12H19NO2. The molecule has 3 heteroatoms. The highest BCUT2D eigenvalue weighted by Crippen LogP contribution is 2.09. The van der Waals surface area contributed by atoms with Gasteiger partial charge in [0.2, 0.25) is 0 Å². The summed E-state index contributed by atoms with van der Waals surface area (Å²) in [5.74, 6) is 0. The monoisotopic (exact) mass is 209 g/mol. The first-order valence-electron chi connectivity index (χ1n) is 5.12. The first-order chi connectivity index (χ1) is 6.97. The van der Waals surface area contributed by atoms with E-state index in [4.69, 9.17) is 10.5 Å². The molecule has 0 atom stereocenters. The van der Waals surface area contributed by atoms with Gasteiger partial charge in [-0.3, -0.25) is 0 Å². The van der Waals surface area contributed by atoms with E-state index in [0.717, 1.165) is 11.3 Å². The van der Waals surface area contributed by atoms with Crippen molar-refractivity contribution in [3.63, 3.8) is 0 Å². The zero-order valence-corrected chi connectivity index (χ0v) is 9.36. The minimum absolute atomic E-state index is 0.563. The first-order valence-corrected chi connectivity index (χ1v) is 5.12. The average Bonchev–Trinajstić information content (AvgIpc) is 2.14. The van der Waals surface area contributed by atoms with Crippen molar-refractivity contribution < 1.29 is 9.84 Å². The highest BCUT2D eigenvalue weighted by molar-refractivity contribution is 5.39. The van der Waals surface area contributed by atoms with Crippen LogP contribution < -0.4 is 5.73 Å². The van der Waals surface area contributed by atoms with Gasteiger partial charge in [-0.15, -0.1) is 0 Å². The lowest BCUT2D eigenvalue weighted by atomic mass is 10.1. The van der Waals surface area contributed by atoms with Crippen molar-refractivity contribution in [3.8, 4) is 0 Å². The van der Waals surface area contributed by atoms with Gasteiger partial charge in [-0.2, -0.15) is 0 Å². The van der Waals surface area contributed by atoms with Crippen molar-refractivity contribution in [1.29, 1.82) is 0 Å². The second-order valence-corrected chi connectivity index (χ2v) is 4.36. The van der Waals surface area contributed by atoms with Gasteiger partial charge < -0.3 is 15.6 Å². The predicted molar refractivity (Wildman–Crippen MR) is 61.4 cm³/mol. The lowest BCUT2D eigenvalue weighted by Gasteiger charge is -2.16. The molecule has 0 saturated heterocycles. The summed E-state index contributed by atoms with van der Waals surface area (Å²) in [6.07, 6.45) is 0.641. The number of anilines is 1. The van der Waals surface area contributed by atoms with Crippen molar-refractivity contribution in [2.45, 2.75) is 32.5 Å². The van der Waals surface area contributed by atoms with E-state index in [0.29, 0.717) is 19.6 Å². The third-order valence-corrected chi connectivity index (χ3v) is 2.11. The average molecular weight is 209 g/mol. The van der Waals surface area contributed by atoms with E-state index >= 15 is 0 Å². The van der Waals surface area contributed by atoms with Crippen molar-refractivity contribution in [2.24, 2.45) is 0 Å². The standard InChI is InChI=1S/C12H19NO2/c1-12(2,14)7-8-15-9-10-3-5-11(13)6-4-10/h3-6,14H,7-9,13H2,1-2H3. The number of hydrogen-bond acceptors (Lipinski definition) is 3. The van der Waals surface area contributed by atoms with Crippen LogP contribution in [0.5, 0.6) is 0 Å². The Morgan fingerprint density at radius 3 is 2.40 bits per heavy atom. The van der Waals surface area contributed by atoms with Gasteiger partial charge in [0.05, 0.1) is 12.2 Å². The molecule has 1 rings (SSSR count). The summed E-state index contributed by atoms with van der Waals surface area (Å²) in [4.78, 5) is 0. The molecule has 0 aliphatic heterocycles. The molecule has 0 aliphatic carbocycles. The highest BCUT2D eigenvalue weighted by Gasteiger charge is 2.11. The van der Waals surface area contributed by atoms with Crippen LogP contribution in [0.2, 0.25) is 0 Å². The van der Waals surface area contributed by atoms with E-state index in [-0.39, 0.29) is 0 Å². The van der Waals surface area contributed by atoms with Gasteiger partial charge in [-0.05, 0) is 38.0 Å². The summed E-state index contributed by atoms with van der Waals surface area (Å²) < 4.78 is 5.43. The molecule has 3 nitrogen and oxygen atoms in total. The molecule has 0 bridgehead atoms. The fourth-order valence-corrected chi connectivity index (χ4v) is 1.13. The third kappa shape index (κ3) is 5.40. The molecule has 0 unspecified atom stereocenters. The minimum Gasteiger partial charge on any atom is -0.399 e. The molecule has 1 aromatic rings. The van der Waals surface area contributed by atoms with Gasteiger partial charge in [0, 0.05) is 12.3 Å². The minimum atomic E-state index is -0.652. The van der Waals surface area contributed by atoms with Crippen molar-refractivity contribution >= 4 is 5.69 Å². The lowest BCUT2D eigenvalue weighted by Crippen LogP contribution is -2.20. The normalized spacial score (nSPS) is 11.7. The molecule has 0 saturated carbocycles. The van der Waals surface area contributed by atoms with Crippen molar-refractivity contribution in [3.05, 3.63) is 29.8 Å². The molecule has 0 aliphatic rings. The number of nitrogens with two attached hydrogens (primary N) is 1. The predicted octanol–water partition coefficient (Wildman–Crippen LogP) is 1.95. The number of ether oxygens (including phenoxy) is 1. The van der Waals surface area contributed by atoms with Crippen LogP contribution in [0.1, 0.15) is 25.8 Å². The Hall–Kier alpha value is -1.06. The Kier molecular flexibility index (Phi) is 4.12. The van der Waals surface area contributed by atoms with Gasteiger partial charge in [0.1, 0.15) is 0 Å². The van der Waals surface area contributed by atoms with Crippen LogP contribution in [0.3, 0.4) is 0 Å². The SMILES string of the molecule is CC(C)(O)CCOCc1ccc(N)cc1. The van der Waals surface area contributed by atoms with E-state index in [9.17, 15) is 5.11 Å². The summed E-state index contributed by atoms with van der Waals surface area (Å²) in [5, 5.41) is 9.45. The fourth-order valence-electron chi connectivity index (χ4n) is 1.13. The van der Waals surface area contributed by atoms with Crippen LogP contribution in [-0.2, 0) is 11.3 Å². The maximum absolute atomic E-state index is 9.45. The van der Waals surface area contributed by atoms with Gasteiger partial charge in [-0.1, -0.05) is 12.1 Å². The van der Waals surface area contributed by atoms with E-state index in [1.54, 1.807) is 13.8 Å². The van der Waals surface area contributed by atoms with Crippen LogP contribution in [0.25, 0.3) is 0 Å². The van der Waals surface area contributed by atoms with E-state index in [1.807, 2.05) is 24.3 Å². The van der Waals surface area contributed by atoms with Crippen molar-refractivity contribution in [1.82, 2.24) is 0 Å². The largest absolute Gasteiger partial charge is 0.399 e. The Morgan fingerprint density at radius 1 is 1.27 bits per heavy atom. The quantitative estimate of drug-likeness (QED) is 0.575. The number of hydrogen-bond donors (Lipinski definition) is 2. The zero-order chi connectivity index (χ0) is 11.3. The first kappa shape index (κ1) is 12.0. The molecule has 0 heterocycles. The maximum Gasteiger partial charge on any atom is 0.0716 e. The molecule has 0 fully saturated rings. The van der Waals surface area contributed by atoms with E-state index < -0.39 is 5.60 Å². The molecule has 0 amide bonds. The second kappa shape index (κ2) is 5.14. The smallest absolute Gasteiger partial charge is 0.0716 e. The molecular weight excluding hydrogens is 190 g/mol. The summed E-state index contributed by atoms with van der Waals surface area (Å²) in [7, 11) is 0. The Labute approximate surface area is 90.9 Å². The zero-order valence-electron chi connectivity index (χ0n) is 9.36. The van der Waals surface area contributed by atoms with Gasteiger partial charge in [0.25, 0.3) is 0 Å². The van der Waals surface area contributed by atoms with E-state index in [1.165, 1.54) is 0 Å². The number of rotatable bonds is 5. The van der Waals surface area contributed by atoms with Crippen LogP contribution in [0.15, 0.2) is 24.3 Å². The Bertz CT molecular complexity index is 287. The molecule has 0 aromatic heterocycles. The summed E-state index contributed by atoms with van der Waals surface area (Å²) in [6.45, 7) is 4.68. The van der Waals surface area contributed by atoms with Gasteiger partial charge in [-0.25, -0.2) is 0 Å². The van der Waals surface area contributed by atoms with E-state index in [2.05, 4.69) is 0 Å². The third-order valence-electron chi connectivity index (χ3n) is 2.11. The Morgan fingerprint density at radius 2 is 1.87 bits per heavy atom. The fraction of sp³-hybridized carbons (Fsp3) is 0.500. The summed E-state index contributed by atoms with van der Waals surface area (Å²) in [5.41, 5.74) is 6.77. The van der Waals surface area contributed by atoms with Crippen molar-refractivity contribution in [2.75, 3.05) is 12.3 Å².